The van der Waals surface area contributed by atoms with E-state index in [1.165, 1.54) is 55.7 Å². The normalized spacial score (nSPS) is 11.7. The fourth-order valence-electron chi connectivity index (χ4n) is 1.96. The zero-order valence-corrected chi connectivity index (χ0v) is 12.3. The summed E-state index contributed by atoms with van der Waals surface area (Å²) in [4.78, 5) is 11.3. The van der Waals surface area contributed by atoms with E-state index in [0.29, 0.717) is 11.1 Å². The zero-order chi connectivity index (χ0) is 16.8. The molecule has 0 saturated carbocycles. The van der Waals surface area contributed by atoms with Crippen LogP contribution in [0.25, 0.3) is 11.6 Å². The van der Waals surface area contributed by atoms with E-state index in [4.69, 9.17) is 4.74 Å². The molecule has 0 amide bonds. The molecule has 2 aromatic carbocycles. The average molecular weight is 316 g/mol. The van der Waals surface area contributed by atoms with Gasteiger partial charge in [0.2, 0.25) is 0 Å². The van der Waals surface area contributed by atoms with E-state index in [0.717, 1.165) is 0 Å². The van der Waals surface area contributed by atoms with Crippen LogP contribution in [0.1, 0.15) is 11.1 Å². The van der Waals surface area contributed by atoms with Crippen molar-refractivity contribution in [1.82, 2.24) is 0 Å². The third-order valence-corrected chi connectivity index (χ3v) is 3.11. The average Bonchev–Trinajstić information content (AvgIpc) is 2.54. The molecule has 1 N–H and O–H groups in total. The first kappa shape index (κ1) is 16.4. The molecule has 0 saturated heterocycles. The van der Waals surface area contributed by atoms with Crippen molar-refractivity contribution in [2.75, 3.05) is 7.11 Å². The zero-order valence-electron chi connectivity index (χ0n) is 12.3. The highest BCUT2D eigenvalue weighted by atomic mass is 19.1. The summed E-state index contributed by atoms with van der Waals surface area (Å²) in [6, 6.07) is 9.48. The Bertz CT molecular complexity index is 762. The number of carboxylic acid groups (broad SMARTS) is 1. The Balaban J connectivity index is 2.27. The molecule has 2 rings (SSSR count). The fourth-order valence-corrected chi connectivity index (χ4v) is 1.96. The first-order chi connectivity index (χ1) is 11.0. The van der Waals surface area contributed by atoms with Crippen LogP contribution in [0.3, 0.4) is 0 Å². The molecule has 0 aliphatic heterocycles. The summed E-state index contributed by atoms with van der Waals surface area (Å²) in [5.74, 6) is -1.93. The van der Waals surface area contributed by atoms with Crippen molar-refractivity contribution >= 4 is 17.6 Å². The van der Waals surface area contributed by atoms with E-state index in [1.807, 2.05) is 0 Å². The van der Waals surface area contributed by atoms with Crippen molar-refractivity contribution in [1.29, 1.82) is 0 Å². The highest BCUT2D eigenvalue weighted by Gasteiger charge is 2.09. The quantitative estimate of drug-likeness (QED) is 0.665. The number of hydrogen-bond donors (Lipinski definition) is 1. The predicted molar refractivity (Wildman–Crippen MR) is 84.0 cm³/mol. The third-order valence-electron chi connectivity index (χ3n) is 3.11. The smallest absolute Gasteiger partial charge is 0.336 e. The summed E-state index contributed by atoms with van der Waals surface area (Å²) < 4.78 is 31.1. The summed E-state index contributed by atoms with van der Waals surface area (Å²) in [6.45, 7) is 0. The number of rotatable bonds is 5. The van der Waals surface area contributed by atoms with Gasteiger partial charge >= 0.3 is 5.97 Å². The molecule has 5 heteroatoms. The highest BCUT2D eigenvalue weighted by molar-refractivity contribution is 6.15. The lowest BCUT2D eigenvalue weighted by molar-refractivity contribution is -0.130. The van der Waals surface area contributed by atoms with Gasteiger partial charge in [0.05, 0.1) is 12.7 Å². The van der Waals surface area contributed by atoms with E-state index in [9.17, 15) is 18.7 Å². The van der Waals surface area contributed by atoms with Crippen LogP contribution in [-0.4, -0.2) is 18.2 Å². The Kier molecular flexibility index (Phi) is 5.25. The van der Waals surface area contributed by atoms with Gasteiger partial charge in [0.1, 0.15) is 5.82 Å². The van der Waals surface area contributed by atoms with Crippen molar-refractivity contribution < 1.29 is 23.4 Å². The fraction of sp³-hybridized carbons (Fsp3) is 0.0556. The summed E-state index contributed by atoms with van der Waals surface area (Å²) in [5.41, 5.74) is 1.07. The Morgan fingerprint density at radius 2 is 1.83 bits per heavy atom. The lowest BCUT2D eigenvalue weighted by Gasteiger charge is -2.03. The van der Waals surface area contributed by atoms with E-state index < -0.39 is 17.6 Å². The molecule has 23 heavy (non-hydrogen) atoms. The van der Waals surface area contributed by atoms with Gasteiger partial charge in [0.15, 0.2) is 11.6 Å². The number of halogens is 2. The number of allylic oxidation sites excluding steroid dienone is 2. The van der Waals surface area contributed by atoms with Gasteiger partial charge in [-0.3, -0.25) is 0 Å². The topological polar surface area (TPSA) is 46.5 Å². The Labute approximate surface area is 132 Å². The number of methoxy groups -OCH3 is 1. The van der Waals surface area contributed by atoms with Gasteiger partial charge in [-0.1, -0.05) is 30.4 Å². The van der Waals surface area contributed by atoms with Crippen LogP contribution in [-0.2, 0) is 4.79 Å². The van der Waals surface area contributed by atoms with E-state index in [1.54, 1.807) is 12.1 Å². The number of aliphatic carboxylic acids is 1. The Morgan fingerprint density at radius 1 is 1.13 bits per heavy atom. The highest BCUT2D eigenvalue weighted by Crippen LogP contribution is 2.20. The Hall–Kier alpha value is -2.95. The van der Waals surface area contributed by atoms with Crippen LogP contribution in [0.5, 0.6) is 5.75 Å². The number of carbonyl (C=O) groups is 1. The SMILES string of the molecule is COc1cc(C=CC=C(C(=O)O)c2ccc(F)cc2)ccc1F. The summed E-state index contributed by atoms with van der Waals surface area (Å²) in [5, 5.41) is 9.25. The summed E-state index contributed by atoms with van der Waals surface area (Å²) in [7, 11) is 1.36. The Morgan fingerprint density at radius 3 is 2.43 bits per heavy atom. The maximum absolute atomic E-state index is 13.3. The number of benzene rings is 2. The number of hydrogen-bond acceptors (Lipinski definition) is 2. The van der Waals surface area contributed by atoms with Crippen molar-refractivity contribution in [2.45, 2.75) is 0 Å². The molecule has 0 aliphatic carbocycles. The van der Waals surface area contributed by atoms with Crippen molar-refractivity contribution in [3.05, 3.63) is 77.4 Å². The van der Waals surface area contributed by atoms with Crippen LogP contribution in [0.2, 0.25) is 0 Å². The van der Waals surface area contributed by atoms with Gasteiger partial charge in [-0.15, -0.1) is 0 Å². The second kappa shape index (κ2) is 7.35. The monoisotopic (exact) mass is 316 g/mol. The van der Waals surface area contributed by atoms with Crippen molar-refractivity contribution in [3.63, 3.8) is 0 Å². The first-order valence-corrected chi connectivity index (χ1v) is 6.72. The van der Waals surface area contributed by atoms with Crippen LogP contribution in [0.4, 0.5) is 8.78 Å². The minimum atomic E-state index is -1.13. The largest absolute Gasteiger partial charge is 0.494 e. The standard InChI is InChI=1S/C18H14F2O3/c1-23-17-11-12(5-10-16(17)20)3-2-4-15(18(21)22)13-6-8-14(19)9-7-13/h2-11H,1H3,(H,21,22). The van der Waals surface area contributed by atoms with Crippen molar-refractivity contribution in [3.8, 4) is 5.75 Å². The molecule has 0 heterocycles. The van der Waals surface area contributed by atoms with Gasteiger partial charge in [-0.2, -0.15) is 0 Å². The maximum atomic E-state index is 13.3. The third kappa shape index (κ3) is 4.26. The van der Waals surface area contributed by atoms with E-state index >= 15 is 0 Å². The number of ether oxygens (including phenoxy) is 1. The molecule has 0 aliphatic rings. The minimum Gasteiger partial charge on any atom is -0.494 e. The molecule has 0 aromatic heterocycles. The second-order valence-electron chi connectivity index (χ2n) is 4.65. The van der Waals surface area contributed by atoms with Crippen LogP contribution in [0, 0.1) is 11.6 Å². The molecule has 3 nitrogen and oxygen atoms in total. The lowest BCUT2D eigenvalue weighted by Crippen LogP contribution is -1.99. The first-order valence-electron chi connectivity index (χ1n) is 6.72. The lowest BCUT2D eigenvalue weighted by atomic mass is 10.1. The molecule has 2 aromatic rings. The van der Waals surface area contributed by atoms with Crippen LogP contribution >= 0.6 is 0 Å². The summed E-state index contributed by atoms with van der Waals surface area (Å²) in [6.07, 6.45) is 4.54. The van der Waals surface area contributed by atoms with Crippen LogP contribution < -0.4 is 4.74 Å². The molecular weight excluding hydrogens is 302 g/mol. The van der Waals surface area contributed by atoms with Gasteiger partial charge in [0, 0.05) is 0 Å². The summed E-state index contributed by atoms with van der Waals surface area (Å²) >= 11 is 0. The molecular formula is C18H14F2O3. The molecule has 0 spiro atoms. The predicted octanol–water partition coefficient (Wildman–Crippen LogP) is 4.15. The molecule has 0 atom stereocenters. The van der Waals surface area contributed by atoms with E-state index in [2.05, 4.69) is 0 Å². The maximum Gasteiger partial charge on any atom is 0.336 e. The number of carboxylic acids is 1. The molecule has 0 fully saturated rings. The minimum absolute atomic E-state index is 0.0235. The molecule has 0 bridgehead atoms. The van der Waals surface area contributed by atoms with Crippen LogP contribution in [0.15, 0.2) is 54.6 Å². The van der Waals surface area contributed by atoms with Gasteiger partial charge in [-0.25, -0.2) is 13.6 Å². The molecule has 118 valence electrons. The molecule has 0 radical (unpaired) electrons. The van der Waals surface area contributed by atoms with E-state index in [-0.39, 0.29) is 11.3 Å². The van der Waals surface area contributed by atoms with Gasteiger partial charge in [-0.05, 0) is 41.5 Å². The second-order valence-corrected chi connectivity index (χ2v) is 4.65. The van der Waals surface area contributed by atoms with Crippen molar-refractivity contribution in [2.24, 2.45) is 0 Å². The molecule has 0 unspecified atom stereocenters. The van der Waals surface area contributed by atoms with Gasteiger partial charge in [0.25, 0.3) is 0 Å². The van der Waals surface area contributed by atoms with Gasteiger partial charge < -0.3 is 9.84 Å².